The van der Waals surface area contributed by atoms with Gasteiger partial charge in [0.1, 0.15) is 11.5 Å². The first-order chi connectivity index (χ1) is 17.6. The maximum absolute atomic E-state index is 9.98. The molecule has 0 radical (unpaired) electrons. The number of hydrogen-bond acceptors (Lipinski definition) is 8. The Hall–Kier alpha value is -3.14. The highest BCUT2D eigenvalue weighted by molar-refractivity contribution is 6.06. The molecule has 1 atom stereocenters. The fraction of sp³-hybridized carbons (Fsp3) is 0.481. The van der Waals surface area contributed by atoms with Crippen molar-refractivity contribution in [2.24, 2.45) is 5.92 Å². The highest BCUT2D eigenvalue weighted by Gasteiger charge is 2.27. The highest BCUT2D eigenvalue weighted by atomic mass is 16.3. The summed E-state index contributed by atoms with van der Waals surface area (Å²) >= 11 is 0. The summed E-state index contributed by atoms with van der Waals surface area (Å²) in [5.41, 5.74) is 4.02. The summed E-state index contributed by atoms with van der Waals surface area (Å²) in [6, 6.07) is 6.44. The van der Waals surface area contributed by atoms with Crippen molar-refractivity contribution in [1.29, 1.82) is 0 Å². The monoisotopic (exact) mass is 487 g/mol. The van der Waals surface area contributed by atoms with Crippen LogP contribution in [0, 0.1) is 5.92 Å². The van der Waals surface area contributed by atoms with Gasteiger partial charge < -0.3 is 20.1 Å². The van der Waals surface area contributed by atoms with Crippen molar-refractivity contribution in [1.82, 2.24) is 29.4 Å². The van der Waals surface area contributed by atoms with Crippen LogP contribution in [0.2, 0.25) is 0 Å². The zero-order chi connectivity index (χ0) is 24.6. The normalized spacial score (nSPS) is 22.7. The molecule has 1 saturated carbocycles. The number of pyridine rings is 2. The van der Waals surface area contributed by atoms with E-state index in [2.05, 4.69) is 37.7 Å². The molecule has 3 N–H and O–H groups in total. The Morgan fingerprint density at radius 3 is 2.69 bits per heavy atom. The molecule has 0 spiro atoms. The maximum Gasteiger partial charge on any atom is 0.230 e. The molecule has 1 unspecified atom stereocenters. The van der Waals surface area contributed by atoms with Gasteiger partial charge in [-0.3, -0.25) is 9.88 Å². The average Bonchev–Trinajstić information content (AvgIpc) is 3.23. The Kier molecular flexibility index (Phi) is 6.29. The molecule has 36 heavy (non-hydrogen) atoms. The standard InChI is InChI=1S/C27H33N7O2/c1-17-2-5-20(6-3-17)34-23-13-28-9-8-21(23)22-12-29-27(32-26(22)34)31-24-7-4-18-14-33(10-11-35)15-19(16-36)25(18)30-24/h4,7-9,12-13,17,19-20,35-36H,2-3,5-6,10-11,14-16H2,1H3,(H,29,30,31,32). The Labute approximate surface area is 210 Å². The molecule has 2 aliphatic rings. The molecule has 4 aromatic heterocycles. The minimum atomic E-state index is -0.0887. The molecule has 1 aliphatic carbocycles. The smallest absolute Gasteiger partial charge is 0.230 e. The van der Waals surface area contributed by atoms with Gasteiger partial charge in [-0.2, -0.15) is 4.98 Å². The Balaban J connectivity index is 1.35. The van der Waals surface area contributed by atoms with Gasteiger partial charge in [-0.1, -0.05) is 13.0 Å². The lowest BCUT2D eigenvalue weighted by atomic mass is 9.87. The van der Waals surface area contributed by atoms with Gasteiger partial charge in [0.25, 0.3) is 0 Å². The number of aliphatic hydroxyl groups excluding tert-OH is 2. The van der Waals surface area contributed by atoms with Gasteiger partial charge in [-0.15, -0.1) is 0 Å². The van der Waals surface area contributed by atoms with Crippen molar-refractivity contribution >= 4 is 33.7 Å². The lowest BCUT2D eigenvalue weighted by molar-refractivity contribution is 0.147. The maximum atomic E-state index is 9.98. The van der Waals surface area contributed by atoms with Gasteiger partial charge >= 0.3 is 0 Å². The van der Waals surface area contributed by atoms with E-state index >= 15 is 0 Å². The van der Waals surface area contributed by atoms with Crippen LogP contribution in [0.25, 0.3) is 21.9 Å². The summed E-state index contributed by atoms with van der Waals surface area (Å²) in [6.45, 7) is 4.45. The van der Waals surface area contributed by atoms with E-state index in [0.717, 1.165) is 58.5 Å². The van der Waals surface area contributed by atoms with E-state index in [-0.39, 0.29) is 19.1 Å². The van der Waals surface area contributed by atoms with Crippen LogP contribution in [0.3, 0.4) is 0 Å². The van der Waals surface area contributed by atoms with Crippen molar-refractivity contribution in [3.63, 3.8) is 0 Å². The zero-order valence-corrected chi connectivity index (χ0v) is 20.6. The number of anilines is 2. The molecule has 1 fully saturated rings. The van der Waals surface area contributed by atoms with E-state index < -0.39 is 0 Å². The summed E-state index contributed by atoms with van der Waals surface area (Å²) in [7, 11) is 0. The van der Waals surface area contributed by atoms with Crippen molar-refractivity contribution in [3.8, 4) is 0 Å². The fourth-order valence-electron chi connectivity index (χ4n) is 5.93. The first-order valence-electron chi connectivity index (χ1n) is 13.0. The van der Waals surface area contributed by atoms with Gasteiger partial charge in [0.2, 0.25) is 5.95 Å². The van der Waals surface area contributed by atoms with E-state index in [1.54, 1.807) is 0 Å². The van der Waals surface area contributed by atoms with Crippen molar-refractivity contribution in [3.05, 3.63) is 48.0 Å². The minimum absolute atomic E-state index is 0.0159. The molecule has 5 heterocycles. The summed E-state index contributed by atoms with van der Waals surface area (Å²) in [5.74, 6) is 1.86. The van der Waals surface area contributed by atoms with Crippen LogP contribution in [-0.4, -0.2) is 65.9 Å². The number of rotatable bonds is 6. The zero-order valence-electron chi connectivity index (χ0n) is 20.6. The third-order valence-electron chi connectivity index (χ3n) is 7.85. The molecular weight excluding hydrogens is 454 g/mol. The quantitative estimate of drug-likeness (QED) is 0.377. The van der Waals surface area contributed by atoms with Gasteiger partial charge in [-0.05, 0) is 49.3 Å². The second kappa shape index (κ2) is 9.72. The number of hydrogen-bond donors (Lipinski definition) is 3. The summed E-state index contributed by atoms with van der Waals surface area (Å²) in [4.78, 5) is 21.0. The Morgan fingerprint density at radius 1 is 1.03 bits per heavy atom. The van der Waals surface area contributed by atoms with E-state index in [1.165, 1.54) is 12.8 Å². The molecule has 0 bridgehead atoms. The van der Waals surface area contributed by atoms with Gasteiger partial charge in [0.15, 0.2) is 0 Å². The summed E-state index contributed by atoms with van der Waals surface area (Å²) in [5, 5.41) is 24.8. The van der Waals surface area contributed by atoms with Crippen LogP contribution < -0.4 is 5.32 Å². The van der Waals surface area contributed by atoms with Crippen LogP contribution in [0.5, 0.6) is 0 Å². The first-order valence-corrected chi connectivity index (χ1v) is 13.0. The first kappa shape index (κ1) is 23.3. The van der Waals surface area contributed by atoms with Gasteiger partial charge in [0.05, 0.1) is 30.6 Å². The number of β-amino-alcohol motifs (C(OH)–C–C–N with tert-alkyl or cyclic N) is 1. The second-order valence-corrected chi connectivity index (χ2v) is 10.3. The molecule has 9 nitrogen and oxygen atoms in total. The number of fused-ring (bicyclic) bond motifs is 4. The van der Waals surface area contributed by atoms with E-state index in [9.17, 15) is 10.2 Å². The minimum Gasteiger partial charge on any atom is -0.396 e. The predicted octanol–water partition coefficient (Wildman–Crippen LogP) is 3.75. The molecule has 0 aromatic carbocycles. The van der Waals surface area contributed by atoms with Gasteiger partial charge in [0, 0.05) is 54.8 Å². The van der Waals surface area contributed by atoms with Gasteiger partial charge in [-0.25, -0.2) is 9.97 Å². The Morgan fingerprint density at radius 2 is 1.89 bits per heavy atom. The van der Waals surface area contributed by atoms with E-state index in [1.807, 2.05) is 30.7 Å². The summed E-state index contributed by atoms with van der Waals surface area (Å²) in [6.07, 6.45) is 10.4. The van der Waals surface area contributed by atoms with Crippen LogP contribution in [-0.2, 0) is 6.54 Å². The molecule has 188 valence electrons. The number of aromatic nitrogens is 5. The lowest BCUT2D eigenvalue weighted by Gasteiger charge is -2.32. The van der Waals surface area contributed by atoms with E-state index in [0.29, 0.717) is 30.9 Å². The molecule has 0 amide bonds. The third-order valence-corrected chi connectivity index (χ3v) is 7.85. The SMILES string of the molecule is CC1CCC(n2c3cnccc3c3cnc(Nc4ccc5c(n4)C(CO)CN(CCO)C5)nc32)CC1. The lowest BCUT2D eigenvalue weighted by Crippen LogP contribution is -2.37. The largest absolute Gasteiger partial charge is 0.396 e. The second-order valence-electron chi connectivity index (χ2n) is 10.3. The predicted molar refractivity (Wildman–Crippen MR) is 139 cm³/mol. The van der Waals surface area contributed by atoms with Crippen LogP contribution in [0.1, 0.15) is 55.8 Å². The van der Waals surface area contributed by atoms with Crippen LogP contribution in [0.15, 0.2) is 36.8 Å². The van der Waals surface area contributed by atoms with Crippen LogP contribution in [0.4, 0.5) is 11.8 Å². The van der Waals surface area contributed by atoms with Crippen molar-refractivity contribution < 1.29 is 10.2 Å². The molecule has 4 aromatic rings. The number of nitrogens with one attached hydrogen (secondary N) is 1. The fourth-order valence-corrected chi connectivity index (χ4v) is 5.93. The molecular formula is C27H33N7O2. The third kappa shape index (κ3) is 4.21. The molecule has 1 aliphatic heterocycles. The summed E-state index contributed by atoms with van der Waals surface area (Å²) < 4.78 is 2.37. The topological polar surface area (TPSA) is 112 Å². The highest BCUT2D eigenvalue weighted by Crippen LogP contribution is 2.38. The average molecular weight is 488 g/mol. The molecule has 9 heteroatoms. The van der Waals surface area contributed by atoms with Crippen LogP contribution >= 0.6 is 0 Å². The molecule has 6 rings (SSSR count). The number of aliphatic hydroxyl groups is 2. The van der Waals surface area contributed by atoms with Crippen molar-refractivity contribution in [2.45, 2.75) is 51.1 Å². The molecule has 0 saturated heterocycles. The Bertz CT molecular complexity index is 1380. The van der Waals surface area contributed by atoms with E-state index in [4.69, 9.17) is 9.97 Å². The number of nitrogens with zero attached hydrogens (tertiary/aromatic N) is 6. The van der Waals surface area contributed by atoms with Crippen molar-refractivity contribution in [2.75, 3.05) is 31.6 Å².